The number of benzene rings is 1. The van der Waals surface area contributed by atoms with Crippen LogP contribution in [0.3, 0.4) is 0 Å². The maximum Gasteiger partial charge on any atom is 0.225 e. The molecule has 1 aliphatic heterocycles. The van der Waals surface area contributed by atoms with Crippen molar-refractivity contribution in [1.29, 1.82) is 0 Å². The Morgan fingerprint density at radius 1 is 1.17 bits per heavy atom. The van der Waals surface area contributed by atoms with Crippen LogP contribution in [0.5, 0.6) is 5.75 Å². The molecule has 168 valence electrons. The molecule has 6 nitrogen and oxygen atoms in total. The van der Waals surface area contributed by atoms with Crippen molar-refractivity contribution in [3.63, 3.8) is 0 Å². The minimum Gasteiger partial charge on any atom is -0.491 e. The summed E-state index contributed by atoms with van der Waals surface area (Å²) in [5, 5.41) is 6.86. The average Bonchev–Trinajstić information content (AvgIpc) is 3.20. The third-order valence-electron chi connectivity index (χ3n) is 5.77. The zero-order valence-corrected chi connectivity index (χ0v) is 20.9. The second-order valence-corrected chi connectivity index (χ2v) is 8.49. The van der Waals surface area contributed by atoms with Gasteiger partial charge in [-0.2, -0.15) is 0 Å². The molecule has 0 spiro atoms. The van der Waals surface area contributed by atoms with Gasteiger partial charge in [0.1, 0.15) is 5.75 Å². The Morgan fingerprint density at radius 3 is 2.50 bits per heavy atom. The van der Waals surface area contributed by atoms with Crippen LogP contribution in [-0.2, 0) is 11.3 Å². The number of hydrogen-bond acceptors (Lipinski definition) is 3. The lowest BCUT2D eigenvalue weighted by Crippen LogP contribution is -2.45. The quantitative estimate of drug-likeness (QED) is 0.334. The van der Waals surface area contributed by atoms with Crippen molar-refractivity contribution in [3.05, 3.63) is 29.8 Å². The summed E-state index contributed by atoms with van der Waals surface area (Å²) >= 11 is 0. The SMILES string of the molecule is CN=C(NCc1ccc(OC(C)C)cc1)NC1CCN(C(=O)C2CCCCC2)C1.I. The molecular formula is C23H37IN4O2. The Kier molecular flexibility index (Phi) is 10.2. The standard InChI is InChI=1S/C23H36N4O2.HI/c1-17(2)29-21-11-9-18(10-12-21)15-25-23(24-3)26-20-13-14-27(16-20)22(28)19-7-5-4-6-8-19;/h9-12,17,19-20H,4-8,13-16H2,1-3H3,(H2,24,25,26);1H. The number of hydrogen-bond donors (Lipinski definition) is 2. The molecule has 1 unspecified atom stereocenters. The van der Waals surface area contributed by atoms with Gasteiger partial charge in [-0.05, 0) is 50.8 Å². The number of ether oxygens (including phenoxy) is 1. The van der Waals surface area contributed by atoms with Crippen LogP contribution in [0.2, 0.25) is 0 Å². The average molecular weight is 528 g/mol. The van der Waals surface area contributed by atoms with Crippen LogP contribution < -0.4 is 15.4 Å². The van der Waals surface area contributed by atoms with Crippen LogP contribution in [0.4, 0.5) is 0 Å². The number of amides is 1. The number of likely N-dealkylation sites (tertiary alicyclic amines) is 1. The van der Waals surface area contributed by atoms with Gasteiger partial charge in [-0.1, -0.05) is 31.4 Å². The van der Waals surface area contributed by atoms with Gasteiger partial charge < -0.3 is 20.3 Å². The molecule has 1 saturated heterocycles. The molecule has 3 rings (SSSR count). The molecule has 1 aliphatic carbocycles. The van der Waals surface area contributed by atoms with E-state index >= 15 is 0 Å². The Morgan fingerprint density at radius 2 is 1.87 bits per heavy atom. The van der Waals surface area contributed by atoms with Crippen LogP contribution in [-0.4, -0.2) is 49.0 Å². The highest BCUT2D eigenvalue weighted by atomic mass is 127. The third-order valence-corrected chi connectivity index (χ3v) is 5.77. The summed E-state index contributed by atoms with van der Waals surface area (Å²) in [7, 11) is 1.79. The molecule has 1 atom stereocenters. The summed E-state index contributed by atoms with van der Waals surface area (Å²) in [6, 6.07) is 8.39. The fraction of sp³-hybridized carbons (Fsp3) is 0.652. The van der Waals surface area contributed by atoms with E-state index in [9.17, 15) is 4.79 Å². The molecule has 1 aromatic rings. The van der Waals surface area contributed by atoms with Crippen molar-refractivity contribution in [2.24, 2.45) is 10.9 Å². The number of halogens is 1. The van der Waals surface area contributed by atoms with Gasteiger partial charge in [0.2, 0.25) is 5.91 Å². The first-order chi connectivity index (χ1) is 14.0. The van der Waals surface area contributed by atoms with Crippen LogP contribution in [0.15, 0.2) is 29.3 Å². The van der Waals surface area contributed by atoms with Crippen LogP contribution in [0.1, 0.15) is 57.9 Å². The first-order valence-corrected chi connectivity index (χ1v) is 11.1. The van der Waals surface area contributed by atoms with Crippen molar-refractivity contribution in [3.8, 4) is 5.75 Å². The van der Waals surface area contributed by atoms with Gasteiger partial charge in [0.25, 0.3) is 0 Å². The molecule has 1 amide bonds. The van der Waals surface area contributed by atoms with Gasteiger partial charge in [-0.3, -0.25) is 9.79 Å². The van der Waals surface area contributed by atoms with Gasteiger partial charge in [-0.25, -0.2) is 0 Å². The Labute approximate surface area is 198 Å². The lowest BCUT2D eigenvalue weighted by Gasteiger charge is -2.26. The van der Waals surface area contributed by atoms with E-state index in [-0.39, 0.29) is 42.0 Å². The topological polar surface area (TPSA) is 66.0 Å². The normalized spacial score (nSPS) is 20.1. The summed E-state index contributed by atoms with van der Waals surface area (Å²) < 4.78 is 5.69. The van der Waals surface area contributed by atoms with Crippen molar-refractivity contribution in [2.75, 3.05) is 20.1 Å². The van der Waals surface area contributed by atoms with E-state index in [2.05, 4.69) is 27.8 Å². The smallest absolute Gasteiger partial charge is 0.225 e. The summed E-state index contributed by atoms with van der Waals surface area (Å²) in [4.78, 5) is 19.1. The zero-order valence-electron chi connectivity index (χ0n) is 18.5. The Balaban J connectivity index is 0.00000320. The highest BCUT2D eigenvalue weighted by Gasteiger charge is 2.31. The Bertz CT molecular complexity index is 687. The number of aliphatic imine (C=N–C) groups is 1. The second kappa shape index (κ2) is 12.4. The summed E-state index contributed by atoms with van der Waals surface area (Å²) in [6.45, 7) is 6.37. The predicted octanol–water partition coefficient (Wildman–Crippen LogP) is 3.94. The van der Waals surface area contributed by atoms with E-state index < -0.39 is 0 Å². The molecule has 1 heterocycles. The minimum absolute atomic E-state index is 0. The maximum absolute atomic E-state index is 12.7. The molecule has 2 aliphatic rings. The highest BCUT2D eigenvalue weighted by molar-refractivity contribution is 14.0. The molecule has 30 heavy (non-hydrogen) atoms. The first-order valence-electron chi connectivity index (χ1n) is 11.1. The third kappa shape index (κ3) is 7.32. The number of carbonyl (C=O) groups excluding carboxylic acids is 1. The molecule has 7 heteroatoms. The van der Waals surface area contributed by atoms with Crippen LogP contribution in [0.25, 0.3) is 0 Å². The van der Waals surface area contributed by atoms with Crippen molar-refractivity contribution >= 4 is 35.8 Å². The monoisotopic (exact) mass is 528 g/mol. The zero-order chi connectivity index (χ0) is 20.6. The van der Waals surface area contributed by atoms with E-state index in [1.54, 1.807) is 7.05 Å². The molecule has 2 N–H and O–H groups in total. The van der Waals surface area contributed by atoms with E-state index in [1.807, 2.05) is 30.9 Å². The van der Waals surface area contributed by atoms with Gasteiger partial charge in [0.15, 0.2) is 5.96 Å². The van der Waals surface area contributed by atoms with Gasteiger partial charge in [0, 0.05) is 38.6 Å². The van der Waals surface area contributed by atoms with E-state index in [0.29, 0.717) is 12.5 Å². The molecule has 0 radical (unpaired) electrons. The maximum atomic E-state index is 12.7. The number of nitrogens with one attached hydrogen (secondary N) is 2. The molecule has 0 aromatic heterocycles. The van der Waals surface area contributed by atoms with Gasteiger partial charge in [-0.15, -0.1) is 24.0 Å². The number of nitrogens with zero attached hydrogens (tertiary/aromatic N) is 2. The van der Waals surface area contributed by atoms with E-state index in [4.69, 9.17) is 4.74 Å². The van der Waals surface area contributed by atoms with Crippen molar-refractivity contribution in [1.82, 2.24) is 15.5 Å². The fourth-order valence-corrected chi connectivity index (χ4v) is 4.22. The van der Waals surface area contributed by atoms with Crippen molar-refractivity contribution in [2.45, 2.75) is 71.1 Å². The lowest BCUT2D eigenvalue weighted by molar-refractivity contribution is -0.135. The molecule has 1 aromatic carbocycles. The number of guanidine groups is 1. The van der Waals surface area contributed by atoms with Crippen LogP contribution in [0, 0.1) is 5.92 Å². The Hall–Kier alpha value is -1.51. The highest BCUT2D eigenvalue weighted by Crippen LogP contribution is 2.26. The van der Waals surface area contributed by atoms with Gasteiger partial charge in [0.05, 0.1) is 6.10 Å². The molecule has 0 bridgehead atoms. The molecule has 2 fully saturated rings. The minimum atomic E-state index is 0. The lowest BCUT2D eigenvalue weighted by atomic mass is 9.88. The van der Waals surface area contributed by atoms with E-state index in [1.165, 1.54) is 24.8 Å². The molecular weight excluding hydrogens is 491 g/mol. The predicted molar refractivity (Wildman–Crippen MR) is 133 cm³/mol. The van der Waals surface area contributed by atoms with Crippen molar-refractivity contribution < 1.29 is 9.53 Å². The fourth-order valence-electron chi connectivity index (χ4n) is 4.22. The summed E-state index contributed by atoms with van der Waals surface area (Å²) in [6.07, 6.45) is 6.97. The first kappa shape index (κ1) is 24.8. The van der Waals surface area contributed by atoms with Gasteiger partial charge >= 0.3 is 0 Å². The summed E-state index contributed by atoms with van der Waals surface area (Å²) in [5.41, 5.74) is 1.17. The largest absolute Gasteiger partial charge is 0.491 e. The number of carbonyl (C=O) groups is 1. The van der Waals surface area contributed by atoms with Crippen LogP contribution >= 0.6 is 24.0 Å². The second-order valence-electron chi connectivity index (χ2n) is 8.49. The molecule has 1 saturated carbocycles. The summed E-state index contributed by atoms with van der Waals surface area (Å²) in [5.74, 6) is 2.28. The number of rotatable bonds is 6. The van der Waals surface area contributed by atoms with E-state index in [0.717, 1.165) is 44.1 Å².